The van der Waals surface area contributed by atoms with Crippen LogP contribution < -0.4 is 5.73 Å². The van der Waals surface area contributed by atoms with E-state index >= 15 is 0 Å². The van der Waals surface area contributed by atoms with Crippen LogP contribution in [0.3, 0.4) is 0 Å². The Bertz CT molecular complexity index is 307. The van der Waals surface area contributed by atoms with Gasteiger partial charge in [0, 0.05) is 17.2 Å². The van der Waals surface area contributed by atoms with Crippen molar-refractivity contribution in [3.05, 3.63) is 29.6 Å². The predicted molar refractivity (Wildman–Crippen MR) is 61.7 cm³/mol. The van der Waals surface area contributed by atoms with Crippen LogP contribution >= 0.6 is 11.8 Å². The molecule has 2 nitrogen and oxygen atoms in total. The van der Waals surface area contributed by atoms with E-state index in [0.717, 1.165) is 16.2 Å². The maximum atomic E-state index is 12.8. The van der Waals surface area contributed by atoms with Gasteiger partial charge in [0.25, 0.3) is 0 Å². The first kappa shape index (κ1) is 12.5. The van der Waals surface area contributed by atoms with Crippen LogP contribution in [0.25, 0.3) is 0 Å². The van der Waals surface area contributed by atoms with Crippen molar-refractivity contribution >= 4 is 11.8 Å². The fourth-order valence-corrected chi connectivity index (χ4v) is 2.04. The van der Waals surface area contributed by atoms with Crippen molar-refractivity contribution in [2.75, 3.05) is 25.5 Å². The normalized spacial score (nSPS) is 10.6. The molecule has 0 heterocycles. The van der Waals surface area contributed by atoms with E-state index in [9.17, 15) is 4.39 Å². The number of thioether (sulfide) groups is 1. The molecule has 0 bridgehead atoms. The van der Waals surface area contributed by atoms with E-state index in [-0.39, 0.29) is 5.82 Å². The zero-order valence-electron chi connectivity index (χ0n) is 8.83. The van der Waals surface area contributed by atoms with Crippen molar-refractivity contribution in [1.82, 2.24) is 0 Å². The van der Waals surface area contributed by atoms with Crippen molar-refractivity contribution in [2.24, 2.45) is 5.73 Å². The molecular formula is C11H16FNOS. The molecule has 0 spiro atoms. The van der Waals surface area contributed by atoms with Gasteiger partial charge in [-0.25, -0.2) is 4.39 Å². The van der Waals surface area contributed by atoms with Crippen LogP contribution in [0.2, 0.25) is 0 Å². The highest BCUT2D eigenvalue weighted by Crippen LogP contribution is 2.22. The second kappa shape index (κ2) is 6.82. The van der Waals surface area contributed by atoms with E-state index in [0.29, 0.717) is 19.8 Å². The summed E-state index contributed by atoms with van der Waals surface area (Å²) in [5.74, 6) is 0.683. The van der Waals surface area contributed by atoms with Crippen molar-refractivity contribution < 1.29 is 9.13 Å². The standard InChI is InChI=1S/C11H16FNOS/c1-9-8-10(12)2-3-11(9)15-7-6-14-5-4-13/h2-3,8H,4-7,13H2,1H3. The lowest BCUT2D eigenvalue weighted by Gasteiger charge is -2.05. The second-order valence-electron chi connectivity index (χ2n) is 3.16. The molecule has 84 valence electrons. The lowest BCUT2D eigenvalue weighted by atomic mass is 10.2. The Labute approximate surface area is 94.0 Å². The number of hydrogen-bond acceptors (Lipinski definition) is 3. The highest BCUT2D eigenvalue weighted by Gasteiger charge is 2.00. The van der Waals surface area contributed by atoms with Crippen molar-refractivity contribution in [1.29, 1.82) is 0 Å². The molecule has 0 radical (unpaired) electrons. The lowest BCUT2D eigenvalue weighted by Crippen LogP contribution is -2.09. The smallest absolute Gasteiger partial charge is 0.123 e. The molecular weight excluding hydrogens is 213 g/mol. The summed E-state index contributed by atoms with van der Waals surface area (Å²) in [7, 11) is 0. The molecule has 0 fully saturated rings. The van der Waals surface area contributed by atoms with Crippen LogP contribution in [0.5, 0.6) is 0 Å². The Morgan fingerprint density at radius 3 is 2.87 bits per heavy atom. The third-order valence-electron chi connectivity index (χ3n) is 1.88. The van der Waals surface area contributed by atoms with E-state index in [1.165, 1.54) is 6.07 Å². The largest absolute Gasteiger partial charge is 0.379 e. The summed E-state index contributed by atoms with van der Waals surface area (Å²) < 4.78 is 18.0. The van der Waals surface area contributed by atoms with E-state index in [2.05, 4.69) is 0 Å². The summed E-state index contributed by atoms with van der Waals surface area (Å²) in [4.78, 5) is 1.10. The SMILES string of the molecule is Cc1cc(F)ccc1SCCOCCN. The van der Waals surface area contributed by atoms with Gasteiger partial charge in [-0.1, -0.05) is 0 Å². The Kier molecular flexibility index (Phi) is 5.68. The Morgan fingerprint density at radius 2 is 2.20 bits per heavy atom. The third kappa shape index (κ3) is 4.64. The predicted octanol–water partition coefficient (Wildman–Crippen LogP) is 2.20. The van der Waals surface area contributed by atoms with Gasteiger partial charge < -0.3 is 10.5 Å². The van der Waals surface area contributed by atoms with Gasteiger partial charge in [-0.2, -0.15) is 0 Å². The van der Waals surface area contributed by atoms with Gasteiger partial charge >= 0.3 is 0 Å². The van der Waals surface area contributed by atoms with Gasteiger partial charge in [0.15, 0.2) is 0 Å². The molecule has 0 aromatic heterocycles. The Morgan fingerprint density at radius 1 is 1.40 bits per heavy atom. The first-order chi connectivity index (χ1) is 7.24. The van der Waals surface area contributed by atoms with Crippen LogP contribution in [0.1, 0.15) is 5.56 Å². The van der Waals surface area contributed by atoms with E-state index in [1.54, 1.807) is 23.9 Å². The number of halogens is 1. The van der Waals surface area contributed by atoms with E-state index in [4.69, 9.17) is 10.5 Å². The molecule has 1 rings (SSSR count). The molecule has 15 heavy (non-hydrogen) atoms. The molecule has 0 aliphatic carbocycles. The average molecular weight is 229 g/mol. The first-order valence-electron chi connectivity index (χ1n) is 4.91. The van der Waals surface area contributed by atoms with Gasteiger partial charge in [-0.05, 0) is 30.7 Å². The van der Waals surface area contributed by atoms with Gasteiger partial charge in [-0.3, -0.25) is 0 Å². The Hall–Kier alpha value is -0.580. The number of aryl methyl sites for hydroxylation is 1. The molecule has 0 amide bonds. The van der Waals surface area contributed by atoms with Gasteiger partial charge in [0.05, 0.1) is 13.2 Å². The van der Waals surface area contributed by atoms with Crippen LogP contribution in [0, 0.1) is 12.7 Å². The monoisotopic (exact) mass is 229 g/mol. The van der Waals surface area contributed by atoms with Crippen molar-refractivity contribution in [3.63, 3.8) is 0 Å². The van der Waals surface area contributed by atoms with Crippen molar-refractivity contribution in [2.45, 2.75) is 11.8 Å². The summed E-state index contributed by atoms with van der Waals surface area (Å²) in [6, 6.07) is 4.83. The zero-order valence-corrected chi connectivity index (χ0v) is 9.65. The molecule has 0 saturated heterocycles. The highest BCUT2D eigenvalue weighted by molar-refractivity contribution is 7.99. The van der Waals surface area contributed by atoms with E-state index in [1.807, 2.05) is 6.92 Å². The fraction of sp³-hybridized carbons (Fsp3) is 0.455. The number of benzene rings is 1. The number of ether oxygens (including phenoxy) is 1. The molecule has 0 saturated carbocycles. The second-order valence-corrected chi connectivity index (χ2v) is 4.30. The average Bonchev–Trinajstić information content (AvgIpc) is 2.20. The van der Waals surface area contributed by atoms with Crippen molar-refractivity contribution in [3.8, 4) is 0 Å². The van der Waals surface area contributed by atoms with Gasteiger partial charge in [0.2, 0.25) is 0 Å². The summed E-state index contributed by atoms with van der Waals surface area (Å²) in [5.41, 5.74) is 6.26. The topological polar surface area (TPSA) is 35.2 Å². The minimum absolute atomic E-state index is 0.184. The third-order valence-corrected chi connectivity index (χ3v) is 3.02. The molecule has 4 heteroatoms. The number of hydrogen-bond donors (Lipinski definition) is 1. The number of rotatable bonds is 6. The molecule has 0 aliphatic rings. The van der Waals surface area contributed by atoms with Crippen LogP contribution in [0.4, 0.5) is 4.39 Å². The van der Waals surface area contributed by atoms with Gasteiger partial charge in [0.1, 0.15) is 5.82 Å². The van der Waals surface area contributed by atoms with Crippen LogP contribution in [-0.4, -0.2) is 25.5 Å². The molecule has 0 unspecified atom stereocenters. The summed E-state index contributed by atoms with van der Waals surface area (Å²) in [5, 5.41) is 0. The molecule has 0 atom stereocenters. The summed E-state index contributed by atoms with van der Waals surface area (Å²) >= 11 is 1.67. The fourth-order valence-electron chi connectivity index (χ4n) is 1.17. The minimum Gasteiger partial charge on any atom is -0.379 e. The summed E-state index contributed by atoms with van der Waals surface area (Å²) in [6.07, 6.45) is 0. The summed E-state index contributed by atoms with van der Waals surface area (Å²) in [6.45, 7) is 3.74. The minimum atomic E-state index is -0.184. The zero-order chi connectivity index (χ0) is 11.1. The van der Waals surface area contributed by atoms with Crippen LogP contribution in [-0.2, 0) is 4.74 Å². The lowest BCUT2D eigenvalue weighted by molar-refractivity contribution is 0.158. The maximum absolute atomic E-state index is 12.8. The Balaban J connectivity index is 2.31. The highest BCUT2D eigenvalue weighted by atomic mass is 32.2. The molecule has 0 aliphatic heterocycles. The quantitative estimate of drug-likeness (QED) is 0.600. The van der Waals surface area contributed by atoms with E-state index < -0.39 is 0 Å². The van der Waals surface area contributed by atoms with Crippen LogP contribution in [0.15, 0.2) is 23.1 Å². The van der Waals surface area contributed by atoms with Gasteiger partial charge in [-0.15, -0.1) is 11.8 Å². The number of nitrogens with two attached hydrogens (primary N) is 1. The molecule has 1 aromatic carbocycles. The molecule has 1 aromatic rings. The maximum Gasteiger partial charge on any atom is 0.123 e. The first-order valence-corrected chi connectivity index (χ1v) is 5.89. The molecule has 2 N–H and O–H groups in total.